The van der Waals surface area contributed by atoms with Gasteiger partial charge in [0.15, 0.2) is 0 Å². The lowest BCUT2D eigenvalue weighted by Gasteiger charge is -2.36. The molecule has 2 rings (SSSR count). The van der Waals surface area contributed by atoms with E-state index in [1.807, 2.05) is 25.7 Å². The lowest BCUT2D eigenvalue weighted by molar-refractivity contribution is -0.132. The van der Waals surface area contributed by atoms with E-state index in [2.05, 4.69) is 10.6 Å². The molecule has 0 spiro atoms. The Morgan fingerprint density at radius 2 is 1.79 bits per heavy atom. The number of rotatable bonds is 7. The zero-order chi connectivity index (χ0) is 20.7. The Kier molecular flexibility index (Phi) is 8.30. The molecule has 2 N–H and O–H groups in total. The highest BCUT2D eigenvalue weighted by Crippen LogP contribution is 2.23. The van der Waals surface area contributed by atoms with Gasteiger partial charge in [-0.3, -0.25) is 14.4 Å². The number of nitrogens with one attached hydrogen (secondary N) is 2. The molecule has 1 aliphatic heterocycles. The Balaban J connectivity index is 2.13. The number of hydrogen-bond donors (Lipinski definition) is 2. The predicted molar refractivity (Wildman–Crippen MR) is 110 cm³/mol. The van der Waals surface area contributed by atoms with Gasteiger partial charge in [0.1, 0.15) is 6.04 Å². The molecule has 1 aromatic carbocycles. The van der Waals surface area contributed by atoms with Crippen LogP contribution in [0.5, 0.6) is 0 Å². The highest BCUT2D eigenvalue weighted by Gasteiger charge is 2.34. The third-order valence-corrected chi connectivity index (χ3v) is 5.68. The van der Waals surface area contributed by atoms with Gasteiger partial charge < -0.3 is 15.5 Å². The number of halogens is 1. The van der Waals surface area contributed by atoms with Gasteiger partial charge in [0.25, 0.3) is 5.91 Å². The Morgan fingerprint density at radius 1 is 1.14 bits per heavy atom. The van der Waals surface area contributed by atoms with Crippen LogP contribution in [-0.4, -0.2) is 47.8 Å². The number of nitrogens with zero attached hydrogens (tertiary/aromatic N) is 1. The molecule has 1 aromatic rings. The third kappa shape index (κ3) is 5.71. The number of carbonyl (C=O) groups excluding carboxylic acids is 3. The van der Waals surface area contributed by atoms with E-state index >= 15 is 0 Å². The number of carbonyl (C=O) groups is 3. The summed E-state index contributed by atoms with van der Waals surface area (Å²) in [5, 5.41) is 6.22. The predicted octanol–water partition coefficient (Wildman–Crippen LogP) is 3.00. The first-order valence-electron chi connectivity index (χ1n) is 10.0. The molecule has 1 saturated heterocycles. The SMILES string of the molecule is CCC(=O)N1CCC([C@H](NC(=O)c2ccccc2Cl)C(=O)N[C@@H](C)CC)CC1. The van der Waals surface area contributed by atoms with Crippen LogP contribution in [0.2, 0.25) is 5.02 Å². The van der Waals surface area contributed by atoms with E-state index in [4.69, 9.17) is 11.6 Å². The fraction of sp³-hybridized carbons (Fsp3) is 0.571. The zero-order valence-corrected chi connectivity index (χ0v) is 17.6. The minimum atomic E-state index is -0.656. The van der Waals surface area contributed by atoms with Gasteiger partial charge in [0.05, 0.1) is 10.6 Å². The van der Waals surface area contributed by atoms with Crippen molar-refractivity contribution in [1.82, 2.24) is 15.5 Å². The molecule has 0 aliphatic carbocycles. The van der Waals surface area contributed by atoms with Gasteiger partial charge >= 0.3 is 0 Å². The van der Waals surface area contributed by atoms with Crippen molar-refractivity contribution in [2.75, 3.05) is 13.1 Å². The maximum absolute atomic E-state index is 12.9. The van der Waals surface area contributed by atoms with Gasteiger partial charge in [-0.2, -0.15) is 0 Å². The second-order valence-electron chi connectivity index (χ2n) is 7.32. The van der Waals surface area contributed by atoms with Crippen LogP contribution in [0.1, 0.15) is 56.8 Å². The minimum Gasteiger partial charge on any atom is -0.352 e. The number of hydrogen-bond acceptors (Lipinski definition) is 3. The van der Waals surface area contributed by atoms with Crippen LogP contribution in [0.15, 0.2) is 24.3 Å². The molecule has 7 heteroatoms. The van der Waals surface area contributed by atoms with Crippen LogP contribution >= 0.6 is 11.6 Å². The number of amides is 3. The number of likely N-dealkylation sites (tertiary alicyclic amines) is 1. The van der Waals surface area contributed by atoms with Crippen molar-refractivity contribution >= 4 is 29.3 Å². The molecule has 154 valence electrons. The molecule has 0 unspecified atom stereocenters. The Morgan fingerprint density at radius 3 is 2.36 bits per heavy atom. The highest BCUT2D eigenvalue weighted by molar-refractivity contribution is 6.33. The minimum absolute atomic E-state index is 0.0222. The van der Waals surface area contributed by atoms with Gasteiger partial charge in [-0.15, -0.1) is 0 Å². The van der Waals surface area contributed by atoms with Crippen LogP contribution in [0.25, 0.3) is 0 Å². The fourth-order valence-corrected chi connectivity index (χ4v) is 3.62. The molecule has 0 saturated carbocycles. The van der Waals surface area contributed by atoms with Crippen molar-refractivity contribution in [3.8, 4) is 0 Å². The van der Waals surface area contributed by atoms with E-state index in [1.165, 1.54) is 0 Å². The molecule has 2 atom stereocenters. The highest BCUT2D eigenvalue weighted by atomic mass is 35.5. The largest absolute Gasteiger partial charge is 0.352 e. The molecule has 1 fully saturated rings. The van der Waals surface area contributed by atoms with Crippen molar-refractivity contribution in [1.29, 1.82) is 0 Å². The Hall–Kier alpha value is -2.08. The first kappa shape index (κ1) is 22.2. The summed E-state index contributed by atoms with van der Waals surface area (Å²) in [6, 6.07) is 6.16. The molecular weight excluding hydrogens is 378 g/mol. The van der Waals surface area contributed by atoms with Crippen molar-refractivity contribution in [2.45, 2.75) is 58.5 Å². The molecule has 0 bridgehead atoms. The summed E-state index contributed by atoms with van der Waals surface area (Å²) in [7, 11) is 0. The van der Waals surface area contributed by atoms with Gasteiger partial charge in [-0.05, 0) is 44.2 Å². The smallest absolute Gasteiger partial charge is 0.253 e. The average molecular weight is 408 g/mol. The quantitative estimate of drug-likeness (QED) is 0.729. The average Bonchev–Trinajstić information content (AvgIpc) is 2.71. The summed E-state index contributed by atoms with van der Waals surface area (Å²) in [6.07, 6.45) is 2.63. The van der Waals surface area contributed by atoms with Crippen LogP contribution in [0, 0.1) is 5.92 Å². The second-order valence-corrected chi connectivity index (χ2v) is 7.73. The van der Waals surface area contributed by atoms with E-state index in [1.54, 1.807) is 24.3 Å². The van der Waals surface area contributed by atoms with Gasteiger partial charge in [-0.25, -0.2) is 0 Å². The molecule has 0 radical (unpaired) electrons. The van der Waals surface area contributed by atoms with E-state index in [9.17, 15) is 14.4 Å². The van der Waals surface area contributed by atoms with E-state index in [-0.39, 0.29) is 29.7 Å². The topological polar surface area (TPSA) is 78.5 Å². The third-order valence-electron chi connectivity index (χ3n) is 5.35. The first-order valence-corrected chi connectivity index (χ1v) is 10.4. The zero-order valence-electron chi connectivity index (χ0n) is 16.8. The van der Waals surface area contributed by atoms with E-state index in [0.717, 1.165) is 6.42 Å². The monoisotopic (exact) mass is 407 g/mol. The Bertz CT molecular complexity index is 702. The fourth-order valence-electron chi connectivity index (χ4n) is 3.40. The lowest BCUT2D eigenvalue weighted by Crippen LogP contribution is -2.55. The van der Waals surface area contributed by atoms with Gasteiger partial charge in [0, 0.05) is 25.6 Å². The summed E-state index contributed by atoms with van der Waals surface area (Å²) in [4.78, 5) is 39.4. The standard InChI is InChI=1S/C21H30ClN3O3/c1-4-14(3)23-21(28)19(15-10-12-25(13-11-15)18(26)5-2)24-20(27)16-8-6-7-9-17(16)22/h6-9,14-15,19H,4-5,10-13H2,1-3H3,(H,23,28)(H,24,27)/t14-,19-/m0/s1. The molecular formula is C21H30ClN3O3. The van der Waals surface area contributed by atoms with Crippen molar-refractivity contribution in [3.63, 3.8) is 0 Å². The Labute approximate surface area is 172 Å². The molecule has 28 heavy (non-hydrogen) atoms. The summed E-state index contributed by atoms with van der Waals surface area (Å²) in [5.41, 5.74) is 0.351. The van der Waals surface area contributed by atoms with Crippen LogP contribution < -0.4 is 10.6 Å². The van der Waals surface area contributed by atoms with Gasteiger partial charge in [0.2, 0.25) is 11.8 Å². The van der Waals surface area contributed by atoms with E-state index in [0.29, 0.717) is 42.9 Å². The maximum Gasteiger partial charge on any atom is 0.253 e. The molecule has 0 aromatic heterocycles. The van der Waals surface area contributed by atoms with Crippen LogP contribution in [0.3, 0.4) is 0 Å². The summed E-state index contributed by atoms with van der Waals surface area (Å²) < 4.78 is 0. The second kappa shape index (κ2) is 10.5. The lowest BCUT2D eigenvalue weighted by atomic mass is 9.88. The molecule has 1 aliphatic rings. The summed E-state index contributed by atoms with van der Waals surface area (Å²) >= 11 is 6.14. The van der Waals surface area contributed by atoms with Crippen molar-refractivity contribution in [3.05, 3.63) is 34.9 Å². The summed E-state index contributed by atoms with van der Waals surface area (Å²) in [5.74, 6) is -0.451. The maximum atomic E-state index is 12.9. The van der Waals surface area contributed by atoms with E-state index < -0.39 is 6.04 Å². The normalized spacial score (nSPS) is 16.9. The van der Waals surface area contributed by atoms with Crippen LogP contribution in [0.4, 0.5) is 0 Å². The molecule has 1 heterocycles. The van der Waals surface area contributed by atoms with Crippen LogP contribution in [-0.2, 0) is 9.59 Å². The first-order chi connectivity index (χ1) is 13.4. The number of piperidine rings is 1. The molecule has 3 amide bonds. The van der Waals surface area contributed by atoms with Crippen molar-refractivity contribution in [2.24, 2.45) is 5.92 Å². The summed E-state index contributed by atoms with van der Waals surface area (Å²) in [6.45, 7) is 6.99. The van der Waals surface area contributed by atoms with Gasteiger partial charge in [-0.1, -0.05) is 37.6 Å². The number of benzene rings is 1. The molecule has 6 nitrogen and oxygen atoms in total. The van der Waals surface area contributed by atoms with Crippen molar-refractivity contribution < 1.29 is 14.4 Å².